The fourth-order valence-corrected chi connectivity index (χ4v) is 1.75. The standard InChI is InChI=1S/C14H9NO2/c1-2-9-3-5-11-13(7-9)17-14-8-10(16)4-6-12(14)15-11/h2-8H,1H2. The number of benzene rings is 2. The predicted octanol–water partition coefficient (Wildman–Crippen LogP) is 2.94. The molecule has 0 spiro atoms. The first-order valence-corrected chi connectivity index (χ1v) is 5.23. The molecular weight excluding hydrogens is 214 g/mol. The molecule has 0 amide bonds. The Bertz CT molecular complexity index is 743. The first-order chi connectivity index (χ1) is 8.26. The van der Waals surface area contributed by atoms with Gasteiger partial charge in [-0.05, 0) is 29.8 Å². The summed E-state index contributed by atoms with van der Waals surface area (Å²) >= 11 is 0. The van der Waals surface area contributed by atoms with Gasteiger partial charge < -0.3 is 4.42 Å². The molecule has 0 saturated carbocycles. The molecule has 1 heterocycles. The van der Waals surface area contributed by atoms with Crippen molar-refractivity contribution in [1.29, 1.82) is 0 Å². The van der Waals surface area contributed by atoms with E-state index in [1.165, 1.54) is 12.1 Å². The Balaban J connectivity index is 2.41. The number of nitrogens with zero attached hydrogens (tertiary/aromatic N) is 1. The van der Waals surface area contributed by atoms with E-state index in [0.29, 0.717) is 17.0 Å². The van der Waals surface area contributed by atoms with Crippen LogP contribution in [-0.2, 0) is 0 Å². The summed E-state index contributed by atoms with van der Waals surface area (Å²) in [5.74, 6) is 0.506. The Kier molecular flexibility index (Phi) is 2.05. The molecule has 0 saturated heterocycles. The van der Waals surface area contributed by atoms with E-state index in [9.17, 15) is 4.79 Å². The fourth-order valence-electron chi connectivity index (χ4n) is 1.75. The summed E-state index contributed by atoms with van der Waals surface area (Å²) in [6.45, 7) is 3.70. The van der Waals surface area contributed by atoms with Crippen molar-refractivity contribution in [3.05, 3.63) is 58.8 Å². The van der Waals surface area contributed by atoms with E-state index in [1.807, 2.05) is 18.2 Å². The number of fused-ring (bicyclic) bond motifs is 2. The second kappa shape index (κ2) is 3.56. The van der Waals surface area contributed by atoms with E-state index in [1.54, 1.807) is 12.1 Å². The molecule has 82 valence electrons. The number of aromatic nitrogens is 1. The third-order valence-electron chi connectivity index (χ3n) is 2.61. The maximum atomic E-state index is 11.2. The summed E-state index contributed by atoms with van der Waals surface area (Å²) < 4.78 is 5.66. The normalized spacial score (nSPS) is 10.8. The van der Waals surface area contributed by atoms with Gasteiger partial charge in [0.05, 0.1) is 0 Å². The zero-order chi connectivity index (χ0) is 11.8. The zero-order valence-electron chi connectivity index (χ0n) is 9.01. The van der Waals surface area contributed by atoms with Gasteiger partial charge in [-0.3, -0.25) is 4.79 Å². The van der Waals surface area contributed by atoms with E-state index < -0.39 is 0 Å². The molecule has 0 aromatic heterocycles. The molecule has 3 heteroatoms. The molecule has 3 nitrogen and oxygen atoms in total. The molecule has 1 aliphatic heterocycles. The number of hydrogen-bond acceptors (Lipinski definition) is 3. The van der Waals surface area contributed by atoms with Gasteiger partial charge in [-0.2, -0.15) is 0 Å². The second-order valence-corrected chi connectivity index (χ2v) is 3.77. The van der Waals surface area contributed by atoms with Crippen molar-refractivity contribution in [3.8, 4) is 11.5 Å². The van der Waals surface area contributed by atoms with E-state index in [0.717, 1.165) is 11.1 Å². The van der Waals surface area contributed by atoms with Crippen molar-refractivity contribution in [1.82, 2.24) is 4.98 Å². The third-order valence-corrected chi connectivity index (χ3v) is 2.61. The number of rotatable bonds is 1. The van der Waals surface area contributed by atoms with Gasteiger partial charge in [-0.15, -0.1) is 0 Å². The third kappa shape index (κ3) is 1.61. The van der Waals surface area contributed by atoms with Crippen molar-refractivity contribution in [2.24, 2.45) is 0 Å². The summed E-state index contributed by atoms with van der Waals surface area (Å²) in [4.78, 5) is 15.7. The summed E-state index contributed by atoms with van der Waals surface area (Å²) in [5.41, 5.74) is 2.98. The van der Waals surface area contributed by atoms with Crippen LogP contribution in [0, 0.1) is 0 Å². The lowest BCUT2D eigenvalue weighted by Gasteiger charge is -2.05. The van der Waals surface area contributed by atoms with E-state index >= 15 is 0 Å². The van der Waals surface area contributed by atoms with Gasteiger partial charge in [0.25, 0.3) is 0 Å². The van der Waals surface area contributed by atoms with Crippen LogP contribution in [0.1, 0.15) is 5.56 Å². The Morgan fingerprint density at radius 1 is 1.18 bits per heavy atom. The smallest absolute Gasteiger partial charge is 0.182 e. The molecule has 0 N–H and O–H groups in total. The second-order valence-electron chi connectivity index (χ2n) is 3.77. The van der Waals surface area contributed by atoms with Gasteiger partial charge in [0.1, 0.15) is 11.2 Å². The maximum Gasteiger partial charge on any atom is 0.182 e. The molecule has 1 aliphatic carbocycles. The minimum Gasteiger partial charge on any atom is -0.453 e. The molecule has 0 atom stereocenters. The minimum absolute atomic E-state index is 0.0812. The van der Waals surface area contributed by atoms with Crippen molar-refractivity contribution in [2.45, 2.75) is 0 Å². The maximum absolute atomic E-state index is 11.2. The molecule has 0 fully saturated rings. The summed E-state index contributed by atoms with van der Waals surface area (Å²) in [5, 5.41) is 0. The average molecular weight is 223 g/mol. The van der Waals surface area contributed by atoms with E-state index in [2.05, 4.69) is 11.6 Å². The van der Waals surface area contributed by atoms with Crippen LogP contribution < -0.4 is 5.43 Å². The molecular formula is C14H9NO2. The summed E-state index contributed by atoms with van der Waals surface area (Å²) in [6, 6.07) is 10.2. The largest absolute Gasteiger partial charge is 0.453 e. The molecule has 0 unspecified atom stereocenters. The highest BCUT2D eigenvalue weighted by atomic mass is 16.3. The Labute approximate surface area is 97.4 Å². The molecule has 2 aliphatic rings. The van der Waals surface area contributed by atoms with E-state index in [4.69, 9.17) is 4.42 Å². The average Bonchev–Trinajstić information content (AvgIpc) is 2.35. The molecule has 0 bridgehead atoms. The zero-order valence-corrected chi connectivity index (χ0v) is 9.01. The lowest BCUT2D eigenvalue weighted by molar-refractivity contribution is 0.612. The van der Waals surface area contributed by atoms with Crippen molar-refractivity contribution < 1.29 is 4.42 Å². The highest BCUT2D eigenvalue weighted by Crippen LogP contribution is 2.24. The molecule has 1 aromatic rings. The van der Waals surface area contributed by atoms with Crippen LogP contribution in [0.25, 0.3) is 28.6 Å². The molecule has 17 heavy (non-hydrogen) atoms. The van der Waals surface area contributed by atoms with Crippen LogP contribution in [0.4, 0.5) is 0 Å². The van der Waals surface area contributed by atoms with Gasteiger partial charge >= 0.3 is 0 Å². The van der Waals surface area contributed by atoms with Crippen LogP contribution >= 0.6 is 0 Å². The van der Waals surface area contributed by atoms with Crippen LogP contribution in [0.2, 0.25) is 0 Å². The molecule has 1 aromatic carbocycles. The topological polar surface area (TPSA) is 43.1 Å². The van der Waals surface area contributed by atoms with E-state index in [-0.39, 0.29) is 5.43 Å². The lowest BCUT2D eigenvalue weighted by Crippen LogP contribution is -1.99. The fraction of sp³-hybridized carbons (Fsp3) is 0. The number of hydrogen-bond donors (Lipinski definition) is 0. The quantitative estimate of drug-likeness (QED) is 0.596. The molecule has 3 rings (SSSR count). The Hall–Kier alpha value is -2.42. The lowest BCUT2D eigenvalue weighted by atomic mass is 10.2. The van der Waals surface area contributed by atoms with Crippen molar-refractivity contribution in [2.75, 3.05) is 0 Å². The summed E-state index contributed by atoms with van der Waals surface area (Å²) in [7, 11) is 0. The van der Waals surface area contributed by atoms with Crippen molar-refractivity contribution in [3.63, 3.8) is 0 Å². The van der Waals surface area contributed by atoms with Gasteiger partial charge in [-0.1, -0.05) is 18.7 Å². The Morgan fingerprint density at radius 3 is 2.88 bits per heavy atom. The predicted molar refractivity (Wildman–Crippen MR) is 67.0 cm³/mol. The van der Waals surface area contributed by atoms with Gasteiger partial charge in [-0.25, -0.2) is 4.98 Å². The first-order valence-electron chi connectivity index (χ1n) is 5.23. The minimum atomic E-state index is -0.0812. The first kappa shape index (κ1) is 9.78. The Morgan fingerprint density at radius 2 is 2.06 bits per heavy atom. The van der Waals surface area contributed by atoms with Gasteiger partial charge in [0, 0.05) is 6.07 Å². The van der Waals surface area contributed by atoms with Gasteiger partial charge in [0.2, 0.25) is 0 Å². The SMILES string of the molecule is C=Cc1ccc2nc3ccc(=O)cc-3oc2c1. The van der Waals surface area contributed by atoms with Crippen LogP contribution in [0.15, 0.2) is 52.2 Å². The molecule has 0 radical (unpaired) electrons. The highest BCUT2D eigenvalue weighted by Gasteiger charge is 2.08. The van der Waals surface area contributed by atoms with Gasteiger partial charge in [0.15, 0.2) is 16.8 Å². The summed E-state index contributed by atoms with van der Waals surface area (Å²) in [6.07, 6.45) is 1.74. The monoisotopic (exact) mass is 223 g/mol. The highest BCUT2D eigenvalue weighted by molar-refractivity contribution is 5.78. The van der Waals surface area contributed by atoms with Crippen LogP contribution in [0.3, 0.4) is 0 Å². The van der Waals surface area contributed by atoms with Crippen LogP contribution in [-0.4, -0.2) is 4.98 Å². The van der Waals surface area contributed by atoms with Crippen LogP contribution in [0.5, 0.6) is 0 Å². The van der Waals surface area contributed by atoms with Crippen molar-refractivity contribution >= 4 is 17.2 Å².